The van der Waals surface area contributed by atoms with Crippen LogP contribution in [0.15, 0.2) is 30.3 Å². The topological polar surface area (TPSA) is 57.2 Å². The van der Waals surface area contributed by atoms with Crippen molar-refractivity contribution in [2.24, 2.45) is 0 Å². The van der Waals surface area contributed by atoms with E-state index in [1.54, 1.807) is 32.4 Å². The van der Waals surface area contributed by atoms with Crippen LogP contribution in [0.2, 0.25) is 0 Å². The summed E-state index contributed by atoms with van der Waals surface area (Å²) >= 11 is 0. The second-order valence-corrected chi connectivity index (χ2v) is 6.05. The van der Waals surface area contributed by atoms with E-state index in [9.17, 15) is 4.79 Å². The van der Waals surface area contributed by atoms with Gasteiger partial charge in [-0.05, 0) is 41.8 Å². The number of methoxy groups -OCH3 is 2. The van der Waals surface area contributed by atoms with Gasteiger partial charge in [0, 0.05) is 24.7 Å². The minimum atomic E-state index is -0.0412. The van der Waals surface area contributed by atoms with Crippen LogP contribution in [0, 0.1) is 0 Å². The highest BCUT2D eigenvalue weighted by molar-refractivity contribution is 5.95. The average Bonchev–Trinajstić information content (AvgIpc) is 3.11. The molecule has 2 aromatic rings. The molecule has 2 aliphatic heterocycles. The fraction of sp³-hybridized carbons (Fsp3) is 0.316. The van der Waals surface area contributed by atoms with Gasteiger partial charge >= 0.3 is 0 Å². The second-order valence-electron chi connectivity index (χ2n) is 6.05. The Hall–Kier alpha value is -2.89. The van der Waals surface area contributed by atoms with Crippen LogP contribution in [0.1, 0.15) is 21.5 Å². The van der Waals surface area contributed by atoms with Crippen LogP contribution in [0.25, 0.3) is 0 Å². The molecule has 0 saturated heterocycles. The number of nitrogens with zero attached hydrogens (tertiary/aromatic N) is 1. The lowest BCUT2D eigenvalue weighted by atomic mass is 9.98. The first-order chi connectivity index (χ1) is 12.2. The van der Waals surface area contributed by atoms with Crippen molar-refractivity contribution < 1.29 is 23.7 Å². The third-order valence-corrected chi connectivity index (χ3v) is 4.59. The van der Waals surface area contributed by atoms with Crippen molar-refractivity contribution in [1.82, 2.24) is 4.90 Å². The molecule has 0 saturated carbocycles. The first-order valence-electron chi connectivity index (χ1n) is 8.11. The number of rotatable bonds is 3. The van der Waals surface area contributed by atoms with Crippen molar-refractivity contribution in [2.75, 3.05) is 27.6 Å². The summed E-state index contributed by atoms with van der Waals surface area (Å²) in [6.45, 7) is 1.46. The highest BCUT2D eigenvalue weighted by Crippen LogP contribution is 2.37. The maximum Gasteiger partial charge on any atom is 0.254 e. The molecule has 0 aliphatic carbocycles. The van der Waals surface area contributed by atoms with Gasteiger partial charge in [-0.25, -0.2) is 0 Å². The van der Waals surface area contributed by atoms with Gasteiger partial charge in [-0.15, -0.1) is 0 Å². The van der Waals surface area contributed by atoms with E-state index < -0.39 is 0 Å². The average molecular weight is 341 g/mol. The molecule has 0 fully saturated rings. The van der Waals surface area contributed by atoms with Crippen molar-refractivity contribution in [3.63, 3.8) is 0 Å². The Labute approximate surface area is 145 Å². The predicted molar refractivity (Wildman–Crippen MR) is 90.6 cm³/mol. The summed E-state index contributed by atoms with van der Waals surface area (Å²) in [5.41, 5.74) is 2.86. The summed E-state index contributed by atoms with van der Waals surface area (Å²) in [6, 6.07) is 9.22. The van der Waals surface area contributed by atoms with Gasteiger partial charge in [0.25, 0.3) is 5.91 Å². The summed E-state index contributed by atoms with van der Waals surface area (Å²) in [6.07, 6.45) is 0.790. The summed E-state index contributed by atoms with van der Waals surface area (Å²) in [4.78, 5) is 14.8. The molecule has 0 unspecified atom stereocenters. The fourth-order valence-corrected chi connectivity index (χ4v) is 3.23. The number of hydrogen-bond acceptors (Lipinski definition) is 5. The van der Waals surface area contributed by atoms with Gasteiger partial charge in [-0.3, -0.25) is 4.79 Å². The number of carbonyl (C=O) groups excluding carboxylic acids is 1. The Morgan fingerprint density at radius 2 is 1.60 bits per heavy atom. The molecular formula is C19H19NO5. The monoisotopic (exact) mass is 341 g/mol. The zero-order valence-corrected chi connectivity index (χ0v) is 14.2. The molecular weight excluding hydrogens is 322 g/mol. The van der Waals surface area contributed by atoms with E-state index in [4.69, 9.17) is 18.9 Å². The van der Waals surface area contributed by atoms with Crippen LogP contribution in [-0.4, -0.2) is 38.4 Å². The van der Waals surface area contributed by atoms with Crippen molar-refractivity contribution in [2.45, 2.75) is 13.0 Å². The minimum absolute atomic E-state index is 0.0412. The molecule has 2 aliphatic rings. The lowest BCUT2D eigenvalue weighted by molar-refractivity contribution is 0.0734. The molecule has 2 aromatic carbocycles. The first kappa shape index (κ1) is 15.6. The number of fused-ring (bicyclic) bond motifs is 2. The Bertz CT molecular complexity index is 811. The summed E-state index contributed by atoms with van der Waals surface area (Å²) in [5.74, 6) is 2.69. The number of hydrogen-bond donors (Lipinski definition) is 0. The van der Waals surface area contributed by atoms with E-state index >= 15 is 0 Å². The SMILES string of the molecule is COc1cc(OC)cc(C(=O)N2CCc3cc4c(cc3C2)OCO4)c1. The zero-order valence-electron chi connectivity index (χ0n) is 14.2. The van der Waals surface area contributed by atoms with Gasteiger partial charge in [-0.1, -0.05) is 0 Å². The molecule has 0 radical (unpaired) electrons. The van der Waals surface area contributed by atoms with Gasteiger partial charge in [0.1, 0.15) is 11.5 Å². The van der Waals surface area contributed by atoms with Gasteiger partial charge in [0.2, 0.25) is 6.79 Å². The van der Waals surface area contributed by atoms with E-state index in [0.717, 1.165) is 23.5 Å². The minimum Gasteiger partial charge on any atom is -0.497 e. The Balaban J connectivity index is 1.60. The molecule has 1 amide bonds. The van der Waals surface area contributed by atoms with Crippen LogP contribution in [-0.2, 0) is 13.0 Å². The maximum atomic E-state index is 12.9. The molecule has 2 heterocycles. The van der Waals surface area contributed by atoms with Crippen LogP contribution in [0.3, 0.4) is 0 Å². The van der Waals surface area contributed by atoms with E-state index in [1.807, 2.05) is 17.0 Å². The van der Waals surface area contributed by atoms with Crippen LogP contribution in [0.5, 0.6) is 23.0 Å². The summed E-state index contributed by atoms with van der Waals surface area (Å²) in [5, 5.41) is 0. The van der Waals surface area contributed by atoms with E-state index in [2.05, 4.69) is 0 Å². The first-order valence-corrected chi connectivity index (χ1v) is 8.11. The number of amides is 1. The molecule has 0 N–H and O–H groups in total. The molecule has 0 atom stereocenters. The molecule has 4 rings (SSSR count). The van der Waals surface area contributed by atoms with Crippen molar-refractivity contribution in [3.05, 3.63) is 47.0 Å². The molecule has 0 aromatic heterocycles. The summed E-state index contributed by atoms with van der Waals surface area (Å²) < 4.78 is 21.4. The molecule has 6 nitrogen and oxygen atoms in total. The van der Waals surface area contributed by atoms with E-state index in [0.29, 0.717) is 30.2 Å². The quantitative estimate of drug-likeness (QED) is 0.859. The largest absolute Gasteiger partial charge is 0.497 e. The third kappa shape index (κ3) is 2.84. The van der Waals surface area contributed by atoms with Crippen molar-refractivity contribution in [3.8, 4) is 23.0 Å². The third-order valence-electron chi connectivity index (χ3n) is 4.59. The molecule has 6 heteroatoms. The number of ether oxygens (including phenoxy) is 4. The lowest BCUT2D eigenvalue weighted by Crippen LogP contribution is -2.36. The smallest absolute Gasteiger partial charge is 0.254 e. The molecule has 25 heavy (non-hydrogen) atoms. The van der Waals surface area contributed by atoms with Crippen LogP contribution < -0.4 is 18.9 Å². The molecule has 130 valence electrons. The van der Waals surface area contributed by atoms with Crippen molar-refractivity contribution in [1.29, 1.82) is 0 Å². The van der Waals surface area contributed by atoms with Crippen LogP contribution in [0.4, 0.5) is 0 Å². The highest BCUT2D eigenvalue weighted by Gasteiger charge is 2.26. The van der Waals surface area contributed by atoms with E-state index in [1.165, 1.54) is 5.56 Å². The fourth-order valence-electron chi connectivity index (χ4n) is 3.23. The molecule has 0 bridgehead atoms. The van der Waals surface area contributed by atoms with Crippen LogP contribution >= 0.6 is 0 Å². The van der Waals surface area contributed by atoms with Gasteiger partial charge < -0.3 is 23.8 Å². The standard InChI is InChI=1S/C19H19NO5/c1-22-15-5-13(6-16(9-15)23-2)19(21)20-4-3-12-7-17-18(25-11-24-17)8-14(12)10-20/h5-9H,3-4,10-11H2,1-2H3. The second kappa shape index (κ2) is 6.20. The zero-order chi connectivity index (χ0) is 17.4. The van der Waals surface area contributed by atoms with E-state index in [-0.39, 0.29) is 12.7 Å². The normalized spacial score (nSPS) is 14.9. The number of benzene rings is 2. The molecule has 0 spiro atoms. The Morgan fingerprint density at radius 3 is 2.24 bits per heavy atom. The Kier molecular flexibility index (Phi) is 3.87. The Morgan fingerprint density at radius 1 is 0.960 bits per heavy atom. The summed E-state index contributed by atoms with van der Waals surface area (Å²) in [7, 11) is 3.14. The van der Waals surface area contributed by atoms with Gasteiger partial charge in [-0.2, -0.15) is 0 Å². The predicted octanol–water partition coefficient (Wildman–Crippen LogP) is 2.63. The highest BCUT2D eigenvalue weighted by atomic mass is 16.7. The number of carbonyl (C=O) groups is 1. The van der Waals surface area contributed by atoms with Gasteiger partial charge in [0.05, 0.1) is 14.2 Å². The maximum absolute atomic E-state index is 12.9. The lowest BCUT2D eigenvalue weighted by Gasteiger charge is -2.29. The van der Waals surface area contributed by atoms with Crippen molar-refractivity contribution >= 4 is 5.91 Å². The van der Waals surface area contributed by atoms with Gasteiger partial charge in [0.15, 0.2) is 11.5 Å².